The average molecular weight is 229 g/mol. The standard InChI is InChI=1S/C9H7NO.C3H2NO2/c11-9-6-5-7-3-1-2-4-8(7)10-9;5-3-1-6-2-4-3/h1-6H,(H,10,11);1H2/q;-1. The molecular weight excluding hydrogens is 220 g/mol. The molecule has 0 saturated heterocycles. The predicted octanol–water partition coefficient (Wildman–Crippen LogP) is 0.977. The summed E-state index contributed by atoms with van der Waals surface area (Å²) >= 11 is 0. The number of aromatic nitrogens is 1. The van der Waals surface area contributed by atoms with Crippen molar-refractivity contribution < 1.29 is 9.53 Å². The van der Waals surface area contributed by atoms with Crippen LogP contribution in [0.5, 0.6) is 0 Å². The van der Waals surface area contributed by atoms with Crippen LogP contribution in [0, 0.1) is 0 Å². The maximum Gasteiger partial charge on any atom is 0.248 e. The number of ether oxygens (including phenoxy) is 1. The number of carbonyl (C=O) groups is 1. The number of fused-ring (bicyclic) bond motifs is 1. The summed E-state index contributed by atoms with van der Waals surface area (Å²) in [6.45, 7) is 0.0694. The van der Waals surface area contributed by atoms with E-state index in [1.165, 1.54) is 6.07 Å². The summed E-state index contributed by atoms with van der Waals surface area (Å²) in [5, 5.41) is 1.06. The number of nitrogens with zero attached hydrogens (tertiary/aromatic N) is 1. The third kappa shape index (κ3) is 3.01. The fourth-order valence-electron chi connectivity index (χ4n) is 1.31. The van der Waals surface area contributed by atoms with Gasteiger partial charge in [0.1, 0.15) is 5.91 Å². The maximum absolute atomic E-state index is 10.8. The van der Waals surface area contributed by atoms with Gasteiger partial charge in [0.25, 0.3) is 0 Å². The first-order chi connectivity index (χ1) is 8.25. The normalized spacial score (nSPS) is 13.1. The minimum atomic E-state index is -0.255. The summed E-state index contributed by atoms with van der Waals surface area (Å²) in [7, 11) is 0. The Morgan fingerprint density at radius 2 is 2.00 bits per heavy atom. The Morgan fingerprint density at radius 3 is 2.65 bits per heavy atom. The third-order valence-corrected chi connectivity index (χ3v) is 2.06. The zero-order chi connectivity index (χ0) is 12.1. The van der Waals surface area contributed by atoms with Gasteiger partial charge < -0.3 is 19.5 Å². The molecule has 1 aromatic carbocycles. The van der Waals surface area contributed by atoms with E-state index in [2.05, 4.69) is 14.7 Å². The molecule has 0 radical (unpaired) electrons. The minimum Gasteiger partial charge on any atom is -0.581 e. The molecule has 0 fully saturated rings. The molecule has 2 heterocycles. The monoisotopic (exact) mass is 229 g/mol. The average Bonchev–Trinajstić information content (AvgIpc) is 2.81. The third-order valence-electron chi connectivity index (χ3n) is 2.06. The molecule has 1 N–H and O–H groups in total. The molecule has 0 atom stereocenters. The largest absolute Gasteiger partial charge is 0.581 e. The van der Waals surface area contributed by atoms with Crippen LogP contribution in [0.4, 0.5) is 0 Å². The van der Waals surface area contributed by atoms with Gasteiger partial charge in [-0.15, -0.1) is 0 Å². The first kappa shape index (κ1) is 11.1. The highest BCUT2D eigenvalue weighted by Crippen LogP contribution is 2.06. The number of para-hydroxylation sites is 1. The SMILES string of the molecule is O=C1CO[C-]=N1.O=c1ccc2ccccc2[nH]1. The van der Waals surface area contributed by atoms with Crippen LogP contribution in [-0.4, -0.2) is 23.9 Å². The number of hydrogen-bond acceptors (Lipinski definition) is 3. The number of hydrogen-bond donors (Lipinski definition) is 1. The van der Waals surface area contributed by atoms with E-state index in [0.717, 1.165) is 10.9 Å². The van der Waals surface area contributed by atoms with Gasteiger partial charge in [-0.3, -0.25) is 4.79 Å². The molecule has 3 rings (SSSR count). The molecule has 2 aromatic rings. The molecule has 17 heavy (non-hydrogen) atoms. The van der Waals surface area contributed by atoms with E-state index >= 15 is 0 Å². The van der Waals surface area contributed by atoms with Crippen molar-refractivity contribution in [1.82, 2.24) is 4.98 Å². The van der Waals surface area contributed by atoms with Crippen molar-refractivity contribution in [2.24, 2.45) is 4.99 Å². The van der Waals surface area contributed by atoms with E-state index in [0.29, 0.717) is 0 Å². The second kappa shape index (κ2) is 5.07. The smallest absolute Gasteiger partial charge is 0.248 e. The van der Waals surface area contributed by atoms with Gasteiger partial charge in [-0.05, 0) is 17.5 Å². The number of rotatable bonds is 0. The highest BCUT2D eigenvalue weighted by molar-refractivity contribution is 5.88. The van der Waals surface area contributed by atoms with Gasteiger partial charge in [0.15, 0.2) is 0 Å². The fourth-order valence-corrected chi connectivity index (χ4v) is 1.31. The van der Waals surface area contributed by atoms with Gasteiger partial charge in [-0.1, -0.05) is 18.2 Å². The molecule has 0 bridgehead atoms. The van der Waals surface area contributed by atoms with Crippen molar-refractivity contribution in [2.45, 2.75) is 0 Å². The summed E-state index contributed by atoms with van der Waals surface area (Å²) in [5.41, 5.74) is 0.837. The molecule has 0 aliphatic carbocycles. The van der Waals surface area contributed by atoms with Crippen LogP contribution >= 0.6 is 0 Å². The topological polar surface area (TPSA) is 71.5 Å². The van der Waals surface area contributed by atoms with E-state index in [1.807, 2.05) is 36.7 Å². The van der Waals surface area contributed by atoms with Gasteiger partial charge in [0, 0.05) is 18.0 Å². The Balaban J connectivity index is 0.000000153. The van der Waals surface area contributed by atoms with E-state index in [4.69, 9.17) is 0 Å². The van der Waals surface area contributed by atoms with Gasteiger partial charge in [0.2, 0.25) is 5.56 Å². The number of carbonyl (C=O) groups excluding carboxylic acids is 1. The van der Waals surface area contributed by atoms with Crippen molar-refractivity contribution in [3.63, 3.8) is 0 Å². The first-order valence-corrected chi connectivity index (χ1v) is 4.94. The molecule has 1 aliphatic heterocycles. The van der Waals surface area contributed by atoms with E-state index < -0.39 is 0 Å². The Morgan fingerprint density at radius 1 is 1.18 bits per heavy atom. The minimum absolute atomic E-state index is 0.0521. The Hall–Kier alpha value is -2.43. The predicted molar refractivity (Wildman–Crippen MR) is 63.0 cm³/mol. The number of H-pyrrole nitrogens is 1. The number of nitrogens with one attached hydrogen (secondary N) is 1. The van der Waals surface area contributed by atoms with E-state index in [-0.39, 0.29) is 18.1 Å². The van der Waals surface area contributed by atoms with Crippen LogP contribution in [0.1, 0.15) is 0 Å². The van der Waals surface area contributed by atoms with Crippen LogP contribution in [0.25, 0.3) is 10.9 Å². The lowest BCUT2D eigenvalue weighted by Crippen LogP contribution is -2.01. The zero-order valence-electron chi connectivity index (χ0n) is 8.84. The molecule has 5 nitrogen and oxygen atoms in total. The lowest BCUT2D eigenvalue weighted by molar-refractivity contribution is -0.118. The fraction of sp³-hybridized carbons (Fsp3) is 0.0833. The molecule has 0 spiro atoms. The Kier molecular flexibility index (Phi) is 3.30. The van der Waals surface area contributed by atoms with Crippen molar-refractivity contribution in [2.75, 3.05) is 6.61 Å². The lowest BCUT2D eigenvalue weighted by Gasteiger charge is -1.93. The molecule has 1 amide bonds. The quantitative estimate of drug-likeness (QED) is 0.684. The maximum atomic E-state index is 10.8. The molecule has 0 saturated carbocycles. The summed E-state index contributed by atoms with van der Waals surface area (Å²) in [6.07, 6.45) is 2.05. The van der Waals surface area contributed by atoms with Crippen LogP contribution in [0.3, 0.4) is 0 Å². The zero-order valence-corrected chi connectivity index (χ0v) is 8.84. The highest BCUT2D eigenvalue weighted by atomic mass is 16.5. The number of amides is 1. The lowest BCUT2D eigenvalue weighted by atomic mass is 10.2. The van der Waals surface area contributed by atoms with Crippen molar-refractivity contribution in [1.29, 1.82) is 0 Å². The number of aliphatic imine (C=N–C) groups is 1. The molecule has 5 heteroatoms. The summed E-state index contributed by atoms with van der Waals surface area (Å²) in [5.74, 6) is -0.255. The van der Waals surface area contributed by atoms with E-state index in [1.54, 1.807) is 0 Å². The molecule has 1 aromatic heterocycles. The van der Waals surface area contributed by atoms with Gasteiger partial charge in [0.05, 0.1) is 6.61 Å². The van der Waals surface area contributed by atoms with Gasteiger partial charge >= 0.3 is 0 Å². The summed E-state index contributed by atoms with van der Waals surface area (Å²) in [4.78, 5) is 26.6. The van der Waals surface area contributed by atoms with Crippen LogP contribution in [0.15, 0.2) is 46.2 Å². The summed E-state index contributed by atoms with van der Waals surface area (Å²) < 4.78 is 4.29. The number of aromatic amines is 1. The van der Waals surface area contributed by atoms with Crippen molar-refractivity contribution in [3.8, 4) is 0 Å². The van der Waals surface area contributed by atoms with Crippen LogP contribution in [0.2, 0.25) is 0 Å². The molecular formula is C12H9N2O3-. The van der Waals surface area contributed by atoms with Crippen LogP contribution < -0.4 is 5.56 Å². The Labute approximate surface area is 96.8 Å². The van der Waals surface area contributed by atoms with Crippen molar-refractivity contribution in [3.05, 3.63) is 46.8 Å². The number of benzene rings is 1. The second-order valence-corrected chi connectivity index (χ2v) is 3.30. The van der Waals surface area contributed by atoms with Crippen LogP contribution in [-0.2, 0) is 9.53 Å². The second-order valence-electron chi connectivity index (χ2n) is 3.30. The van der Waals surface area contributed by atoms with Gasteiger partial charge in [-0.2, -0.15) is 0 Å². The summed E-state index contributed by atoms with van der Waals surface area (Å²) in [6, 6.07) is 11.0. The molecule has 0 unspecified atom stereocenters. The molecule has 1 aliphatic rings. The molecule has 86 valence electrons. The van der Waals surface area contributed by atoms with Gasteiger partial charge in [-0.25, -0.2) is 0 Å². The highest BCUT2D eigenvalue weighted by Gasteiger charge is 1.89. The Bertz CT molecular complexity index is 616. The number of pyridine rings is 1. The van der Waals surface area contributed by atoms with E-state index in [9.17, 15) is 9.59 Å². The van der Waals surface area contributed by atoms with Crippen molar-refractivity contribution >= 4 is 23.2 Å². The first-order valence-electron chi connectivity index (χ1n) is 4.94.